The third kappa shape index (κ3) is 4.87. The van der Waals surface area contributed by atoms with Crippen LogP contribution in [0.4, 0.5) is 5.69 Å². The van der Waals surface area contributed by atoms with Crippen molar-refractivity contribution in [2.45, 2.75) is 68.7 Å². The largest absolute Gasteiger partial charge is 0.349 e. The van der Waals surface area contributed by atoms with E-state index in [1.165, 1.54) is 12.0 Å². The average Bonchev–Trinajstić information content (AvgIpc) is 2.85. The maximum Gasteiger partial charge on any atom is 0.241 e. The fourth-order valence-corrected chi connectivity index (χ4v) is 5.67. The lowest BCUT2D eigenvalue weighted by molar-refractivity contribution is -0.125. The van der Waals surface area contributed by atoms with E-state index in [9.17, 15) is 9.59 Å². The SMILES string of the molecule is Cc1ccc2c(c1)N(CC(=O)NC1(C)CCCCC1)C(=O)C(Br)CC2c1ccccc1. The first-order chi connectivity index (χ1) is 14.9. The van der Waals surface area contributed by atoms with E-state index in [0.29, 0.717) is 6.42 Å². The summed E-state index contributed by atoms with van der Waals surface area (Å²) in [5.41, 5.74) is 4.05. The number of halogens is 1. The number of benzene rings is 2. The van der Waals surface area contributed by atoms with Crippen LogP contribution in [0.3, 0.4) is 0 Å². The summed E-state index contributed by atoms with van der Waals surface area (Å²) < 4.78 is 0. The second-order valence-electron chi connectivity index (χ2n) is 9.32. The summed E-state index contributed by atoms with van der Waals surface area (Å²) in [6.45, 7) is 4.21. The molecule has 2 atom stereocenters. The number of carbonyl (C=O) groups excluding carboxylic acids is 2. The molecule has 0 spiro atoms. The molecule has 31 heavy (non-hydrogen) atoms. The maximum atomic E-state index is 13.4. The Kier molecular flexibility index (Phi) is 6.52. The lowest BCUT2D eigenvalue weighted by atomic mass is 9.83. The maximum absolute atomic E-state index is 13.4. The molecule has 0 aromatic heterocycles. The van der Waals surface area contributed by atoms with Crippen LogP contribution >= 0.6 is 15.9 Å². The molecule has 2 amide bonds. The van der Waals surface area contributed by atoms with E-state index in [1.54, 1.807) is 4.90 Å². The summed E-state index contributed by atoms with van der Waals surface area (Å²) in [6, 6.07) is 16.6. The number of carbonyl (C=O) groups is 2. The quantitative estimate of drug-likeness (QED) is 0.587. The first-order valence-corrected chi connectivity index (χ1v) is 12.2. The van der Waals surface area contributed by atoms with E-state index in [4.69, 9.17) is 0 Å². The molecule has 0 radical (unpaired) electrons. The molecule has 1 N–H and O–H groups in total. The van der Waals surface area contributed by atoms with Crippen LogP contribution in [0, 0.1) is 6.92 Å². The lowest BCUT2D eigenvalue weighted by Crippen LogP contribution is -2.52. The molecule has 2 unspecified atom stereocenters. The number of hydrogen-bond donors (Lipinski definition) is 1. The minimum absolute atomic E-state index is 0.0470. The molecule has 0 saturated heterocycles. The number of amides is 2. The number of aryl methyl sites for hydroxylation is 1. The van der Waals surface area contributed by atoms with Gasteiger partial charge in [0.1, 0.15) is 6.54 Å². The highest BCUT2D eigenvalue weighted by atomic mass is 79.9. The fraction of sp³-hybridized carbons (Fsp3) is 0.462. The van der Waals surface area contributed by atoms with Gasteiger partial charge in [-0.3, -0.25) is 9.59 Å². The topological polar surface area (TPSA) is 49.4 Å². The van der Waals surface area contributed by atoms with E-state index in [-0.39, 0.29) is 34.6 Å². The van der Waals surface area contributed by atoms with Crippen molar-refractivity contribution in [1.29, 1.82) is 0 Å². The number of fused-ring (bicyclic) bond motifs is 1. The van der Waals surface area contributed by atoms with Gasteiger partial charge in [-0.05, 0) is 55.9 Å². The molecule has 0 bridgehead atoms. The van der Waals surface area contributed by atoms with Crippen molar-refractivity contribution >= 4 is 33.4 Å². The van der Waals surface area contributed by atoms with E-state index in [0.717, 1.165) is 42.5 Å². The molecule has 1 fully saturated rings. The van der Waals surface area contributed by atoms with Gasteiger partial charge in [0.15, 0.2) is 0 Å². The Morgan fingerprint density at radius 3 is 2.55 bits per heavy atom. The summed E-state index contributed by atoms with van der Waals surface area (Å²) in [5, 5.41) is 3.24. The predicted octanol–water partition coefficient (Wildman–Crippen LogP) is 5.47. The number of hydrogen-bond acceptors (Lipinski definition) is 2. The third-order valence-corrected chi connectivity index (χ3v) is 7.50. The molecule has 5 heteroatoms. The van der Waals surface area contributed by atoms with Gasteiger partial charge in [-0.1, -0.05) is 77.7 Å². The van der Waals surface area contributed by atoms with Crippen molar-refractivity contribution in [3.05, 3.63) is 65.2 Å². The molecule has 164 valence electrons. The molecule has 2 aromatic carbocycles. The highest BCUT2D eigenvalue weighted by Gasteiger charge is 2.36. The van der Waals surface area contributed by atoms with Gasteiger partial charge in [-0.2, -0.15) is 0 Å². The molecule has 1 aliphatic carbocycles. The Hall–Kier alpha value is -2.14. The normalized spacial score (nSPS) is 23.1. The molecular formula is C26H31BrN2O2. The van der Waals surface area contributed by atoms with Crippen LogP contribution in [0.2, 0.25) is 0 Å². The van der Waals surface area contributed by atoms with E-state index < -0.39 is 0 Å². The monoisotopic (exact) mass is 482 g/mol. The number of alkyl halides is 1. The Labute approximate surface area is 193 Å². The van der Waals surface area contributed by atoms with Crippen LogP contribution in [-0.2, 0) is 9.59 Å². The zero-order chi connectivity index (χ0) is 22.0. The number of nitrogens with one attached hydrogen (secondary N) is 1. The molecule has 4 rings (SSSR count). The second kappa shape index (κ2) is 9.15. The van der Waals surface area contributed by atoms with Crippen LogP contribution in [-0.4, -0.2) is 28.7 Å². The molecule has 2 aliphatic rings. The van der Waals surface area contributed by atoms with Crippen LogP contribution in [0.5, 0.6) is 0 Å². The van der Waals surface area contributed by atoms with Crippen molar-refractivity contribution < 1.29 is 9.59 Å². The Morgan fingerprint density at radius 2 is 1.84 bits per heavy atom. The smallest absolute Gasteiger partial charge is 0.241 e. The van der Waals surface area contributed by atoms with Gasteiger partial charge in [-0.15, -0.1) is 0 Å². The minimum Gasteiger partial charge on any atom is -0.349 e. The van der Waals surface area contributed by atoms with Crippen LogP contribution < -0.4 is 10.2 Å². The molecule has 1 aliphatic heterocycles. The molecule has 1 saturated carbocycles. The minimum atomic E-state index is -0.344. The van der Waals surface area contributed by atoms with E-state index in [2.05, 4.69) is 52.4 Å². The Bertz CT molecular complexity index is 953. The summed E-state index contributed by atoms with van der Waals surface area (Å²) in [7, 11) is 0. The second-order valence-corrected chi connectivity index (χ2v) is 10.4. The lowest BCUT2D eigenvalue weighted by Gasteiger charge is -2.35. The first kappa shape index (κ1) is 22.1. The summed E-state index contributed by atoms with van der Waals surface area (Å²) in [6.07, 6.45) is 6.18. The van der Waals surface area contributed by atoms with Gasteiger partial charge in [0.05, 0.1) is 4.83 Å². The Morgan fingerprint density at radius 1 is 1.13 bits per heavy atom. The molecular weight excluding hydrogens is 452 g/mol. The van der Waals surface area contributed by atoms with Crippen LogP contribution in [0.1, 0.15) is 68.1 Å². The highest BCUT2D eigenvalue weighted by molar-refractivity contribution is 9.10. The van der Waals surface area contributed by atoms with Crippen molar-refractivity contribution in [2.75, 3.05) is 11.4 Å². The van der Waals surface area contributed by atoms with Gasteiger partial charge in [0.2, 0.25) is 11.8 Å². The molecule has 1 heterocycles. The van der Waals surface area contributed by atoms with Crippen LogP contribution in [0.15, 0.2) is 48.5 Å². The molecule has 2 aromatic rings. The highest BCUT2D eigenvalue weighted by Crippen LogP contribution is 2.41. The van der Waals surface area contributed by atoms with Gasteiger partial charge < -0.3 is 10.2 Å². The van der Waals surface area contributed by atoms with Crippen molar-refractivity contribution in [3.8, 4) is 0 Å². The van der Waals surface area contributed by atoms with Gasteiger partial charge >= 0.3 is 0 Å². The van der Waals surface area contributed by atoms with Gasteiger partial charge in [0, 0.05) is 17.1 Å². The zero-order valence-corrected chi connectivity index (χ0v) is 20.0. The Balaban J connectivity index is 1.66. The van der Waals surface area contributed by atoms with Crippen molar-refractivity contribution in [3.63, 3.8) is 0 Å². The summed E-state index contributed by atoms with van der Waals surface area (Å²) in [5.74, 6) is -0.0358. The number of nitrogens with zero attached hydrogens (tertiary/aromatic N) is 1. The number of rotatable bonds is 4. The van der Waals surface area contributed by atoms with Gasteiger partial charge in [0.25, 0.3) is 0 Å². The standard InChI is InChI=1S/C26H31BrN2O2/c1-18-11-12-20-21(19-9-5-3-6-10-19)16-22(27)25(31)29(23(20)15-18)17-24(30)28-26(2)13-7-4-8-14-26/h3,5-6,9-12,15,21-22H,4,7-8,13-14,16-17H2,1-2H3,(H,28,30). The zero-order valence-electron chi connectivity index (χ0n) is 18.4. The third-order valence-electron chi connectivity index (χ3n) is 6.73. The summed E-state index contributed by atoms with van der Waals surface area (Å²) >= 11 is 3.64. The van der Waals surface area contributed by atoms with Crippen molar-refractivity contribution in [2.24, 2.45) is 0 Å². The fourth-order valence-electron chi connectivity index (χ4n) is 5.05. The van der Waals surface area contributed by atoms with Gasteiger partial charge in [-0.25, -0.2) is 0 Å². The van der Waals surface area contributed by atoms with E-state index >= 15 is 0 Å². The van der Waals surface area contributed by atoms with E-state index in [1.807, 2.05) is 31.2 Å². The van der Waals surface area contributed by atoms with Crippen LogP contribution in [0.25, 0.3) is 0 Å². The summed E-state index contributed by atoms with van der Waals surface area (Å²) in [4.78, 5) is 27.8. The van der Waals surface area contributed by atoms with Crippen molar-refractivity contribution in [1.82, 2.24) is 5.32 Å². The predicted molar refractivity (Wildman–Crippen MR) is 129 cm³/mol. The average molecular weight is 483 g/mol. The molecule has 4 nitrogen and oxygen atoms in total. The number of anilines is 1. The first-order valence-electron chi connectivity index (χ1n) is 11.3.